The van der Waals surface area contributed by atoms with Crippen LogP contribution in [0.15, 0.2) is 11.6 Å². The molecule has 0 aromatic heterocycles. The van der Waals surface area contributed by atoms with Gasteiger partial charge in [-0.1, -0.05) is 53.2 Å². The molecule has 0 bridgehead atoms. The van der Waals surface area contributed by atoms with Gasteiger partial charge in [0.1, 0.15) is 30.0 Å². The zero-order chi connectivity index (χ0) is 34.7. The second-order valence-electron chi connectivity index (χ2n) is 17.7. The first-order valence-electron chi connectivity index (χ1n) is 17.4. The fourth-order valence-corrected chi connectivity index (χ4v) is 12.1. The molecule has 1 saturated heterocycles. The van der Waals surface area contributed by atoms with E-state index in [2.05, 4.69) is 40.7 Å². The van der Waals surface area contributed by atoms with Gasteiger partial charge in [-0.2, -0.15) is 0 Å². The van der Waals surface area contributed by atoms with Crippen molar-refractivity contribution in [3.63, 3.8) is 0 Å². The third kappa shape index (κ3) is 4.62. The Labute approximate surface area is 276 Å². The van der Waals surface area contributed by atoms with Crippen LogP contribution in [0.25, 0.3) is 0 Å². The van der Waals surface area contributed by atoms with Gasteiger partial charge >= 0.3 is 11.9 Å². The summed E-state index contributed by atoms with van der Waals surface area (Å²) in [5.74, 6) is -2.65. The summed E-state index contributed by atoms with van der Waals surface area (Å²) >= 11 is 0. The van der Waals surface area contributed by atoms with E-state index in [1.54, 1.807) is 0 Å². The van der Waals surface area contributed by atoms with Crippen molar-refractivity contribution in [1.82, 2.24) is 0 Å². The van der Waals surface area contributed by atoms with Crippen LogP contribution in [0.4, 0.5) is 0 Å². The molecule has 6 rings (SSSR count). The van der Waals surface area contributed by atoms with Gasteiger partial charge in [-0.15, -0.1) is 0 Å². The first-order valence-corrected chi connectivity index (χ1v) is 17.4. The van der Waals surface area contributed by atoms with E-state index in [0.29, 0.717) is 38.5 Å². The van der Waals surface area contributed by atoms with Crippen LogP contribution in [0.1, 0.15) is 99.3 Å². The highest BCUT2D eigenvalue weighted by molar-refractivity contribution is 5.77. The van der Waals surface area contributed by atoms with E-state index < -0.39 is 71.1 Å². The average Bonchev–Trinajstić information content (AvgIpc) is 2.98. The number of aliphatic carboxylic acids is 2. The van der Waals surface area contributed by atoms with E-state index in [1.807, 2.05) is 6.92 Å². The van der Waals surface area contributed by atoms with Gasteiger partial charge < -0.3 is 44.9 Å². The summed E-state index contributed by atoms with van der Waals surface area (Å²) in [6.07, 6.45) is -1.60. The number of ether oxygens (including phenoxy) is 2. The van der Waals surface area contributed by atoms with E-state index in [9.17, 15) is 45.0 Å². The molecule has 4 saturated carbocycles. The quantitative estimate of drug-likeness (QED) is 0.144. The normalized spacial score (nSPS) is 53.7. The molecule has 11 nitrogen and oxygen atoms in total. The SMILES string of the molecule is CC1(C)CC[C@]2(C(=O)O)[C@H](O)C[C@]3(C)C(=CC[C@@H]4[C@@]5(C)CC[C@H](O[C@@H]6O[C@H](C(=O)O)[C@@H](O)[C@H](O)[C@H]6O)[C@@](C)(C=O)[C@@H]5CC[C@]43C)[C@@H]2C1. The molecule has 0 radical (unpaired) electrons. The number of allylic oxidation sites excluding steroid dienone is 2. The predicted molar refractivity (Wildman–Crippen MR) is 168 cm³/mol. The standard InChI is InChI=1S/C36H54O11/c1-31(2)13-14-36(30(44)45)19(15-31)18-7-8-21-32(3)11-10-23(46-29-26(41)24(39)25(40)27(47-29)28(42)43)33(4,17-37)20(32)9-12-34(21,5)35(18,6)16-22(36)38/h7,17,19-27,29,38-41H,8-16H2,1-6H3,(H,42,43)(H,44,45)/t19-,20+,21+,22+,23-,24-,25-,26+,27-,29+,32-,33-,34+,35+,36+/m0/s1. The van der Waals surface area contributed by atoms with Gasteiger partial charge in [-0.3, -0.25) is 4.79 Å². The Morgan fingerprint density at radius 1 is 0.872 bits per heavy atom. The number of aldehydes is 1. The lowest BCUT2D eigenvalue weighted by Gasteiger charge is -2.71. The Hall–Kier alpha value is -1.89. The first-order chi connectivity index (χ1) is 21.7. The maximum atomic E-state index is 13.1. The van der Waals surface area contributed by atoms with E-state index in [4.69, 9.17) is 9.47 Å². The van der Waals surface area contributed by atoms with Crippen LogP contribution in [0.3, 0.4) is 0 Å². The van der Waals surface area contributed by atoms with Crippen molar-refractivity contribution in [2.75, 3.05) is 0 Å². The molecule has 0 amide bonds. The highest BCUT2D eigenvalue weighted by Crippen LogP contribution is 2.75. The average molecular weight is 663 g/mol. The predicted octanol–water partition coefficient (Wildman–Crippen LogP) is 3.30. The minimum Gasteiger partial charge on any atom is -0.481 e. The first kappa shape index (κ1) is 35.0. The lowest BCUT2D eigenvalue weighted by atomic mass is 9.33. The number of aliphatic hydroxyl groups is 4. The van der Waals surface area contributed by atoms with Gasteiger partial charge in [-0.25, -0.2) is 4.79 Å². The number of hydrogen-bond acceptors (Lipinski definition) is 9. The molecule has 0 aromatic rings. The van der Waals surface area contributed by atoms with Gasteiger partial charge in [0.05, 0.1) is 17.6 Å². The highest BCUT2D eigenvalue weighted by atomic mass is 16.7. The zero-order valence-electron chi connectivity index (χ0n) is 28.5. The fraction of sp³-hybridized carbons (Fsp3) is 0.861. The van der Waals surface area contributed by atoms with Gasteiger partial charge in [0, 0.05) is 0 Å². The minimum atomic E-state index is -1.84. The molecule has 11 heteroatoms. The summed E-state index contributed by atoms with van der Waals surface area (Å²) < 4.78 is 11.6. The van der Waals surface area contributed by atoms with Crippen LogP contribution < -0.4 is 0 Å². The van der Waals surface area contributed by atoms with Crippen molar-refractivity contribution in [2.24, 2.45) is 50.2 Å². The maximum Gasteiger partial charge on any atom is 0.335 e. The number of carbonyl (C=O) groups excluding carboxylic acids is 1. The van der Waals surface area contributed by atoms with Gasteiger partial charge in [0.15, 0.2) is 12.4 Å². The minimum absolute atomic E-state index is 0.0395. The van der Waals surface area contributed by atoms with Crippen LogP contribution in [0.5, 0.6) is 0 Å². The summed E-state index contributed by atoms with van der Waals surface area (Å²) in [6, 6.07) is 0. The monoisotopic (exact) mass is 662 g/mol. The smallest absolute Gasteiger partial charge is 0.335 e. The van der Waals surface area contributed by atoms with Crippen molar-refractivity contribution in [3.8, 4) is 0 Å². The Morgan fingerprint density at radius 2 is 1.55 bits per heavy atom. The van der Waals surface area contributed by atoms with Gasteiger partial charge in [0.2, 0.25) is 0 Å². The molecule has 5 aliphatic carbocycles. The Morgan fingerprint density at radius 3 is 2.17 bits per heavy atom. The number of carboxylic acids is 2. The number of carboxylic acid groups (broad SMARTS) is 2. The van der Waals surface area contributed by atoms with Crippen molar-refractivity contribution < 1.29 is 54.5 Å². The number of aliphatic hydroxyl groups excluding tert-OH is 4. The summed E-state index contributed by atoms with van der Waals surface area (Å²) in [7, 11) is 0. The second kappa shape index (κ2) is 11.1. The molecule has 6 N–H and O–H groups in total. The van der Waals surface area contributed by atoms with Gasteiger partial charge in [0.25, 0.3) is 0 Å². The molecular formula is C36H54O11. The van der Waals surface area contributed by atoms with E-state index in [-0.39, 0.29) is 34.0 Å². The summed E-state index contributed by atoms with van der Waals surface area (Å²) in [6.45, 7) is 13.0. The molecule has 5 fully saturated rings. The van der Waals surface area contributed by atoms with Crippen molar-refractivity contribution in [2.45, 2.75) is 142 Å². The second-order valence-corrected chi connectivity index (χ2v) is 17.7. The van der Waals surface area contributed by atoms with Crippen LogP contribution in [-0.2, 0) is 23.9 Å². The third-order valence-electron chi connectivity index (χ3n) is 15.1. The zero-order valence-corrected chi connectivity index (χ0v) is 28.5. The topological polar surface area (TPSA) is 191 Å². The van der Waals surface area contributed by atoms with E-state index in [1.165, 1.54) is 5.57 Å². The van der Waals surface area contributed by atoms with Crippen molar-refractivity contribution in [3.05, 3.63) is 11.6 Å². The fourth-order valence-electron chi connectivity index (χ4n) is 12.1. The van der Waals surface area contributed by atoms with E-state index >= 15 is 0 Å². The van der Waals surface area contributed by atoms with Crippen LogP contribution in [-0.4, -0.2) is 91.8 Å². The number of rotatable bonds is 5. The number of fused-ring (bicyclic) bond motifs is 7. The van der Waals surface area contributed by atoms with Crippen LogP contribution in [0.2, 0.25) is 0 Å². The molecule has 6 aliphatic rings. The Kier molecular flexibility index (Phi) is 8.22. The molecule has 264 valence electrons. The van der Waals surface area contributed by atoms with Gasteiger partial charge in [-0.05, 0) is 97.2 Å². The molecule has 0 spiro atoms. The van der Waals surface area contributed by atoms with E-state index in [0.717, 1.165) is 25.5 Å². The molecule has 1 heterocycles. The maximum absolute atomic E-state index is 13.1. The summed E-state index contributed by atoms with van der Waals surface area (Å²) in [5.41, 5.74) is -2.10. The highest BCUT2D eigenvalue weighted by Gasteiger charge is 2.72. The largest absolute Gasteiger partial charge is 0.481 e. The van der Waals surface area contributed by atoms with Crippen molar-refractivity contribution >= 4 is 18.2 Å². The Bertz CT molecular complexity index is 1350. The van der Waals surface area contributed by atoms with Crippen LogP contribution in [0, 0.1) is 50.2 Å². The number of carbonyl (C=O) groups is 3. The molecule has 1 aliphatic heterocycles. The molecule has 47 heavy (non-hydrogen) atoms. The van der Waals surface area contributed by atoms with Crippen LogP contribution >= 0.6 is 0 Å². The summed E-state index contributed by atoms with van der Waals surface area (Å²) in [4.78, 5) is 37.8. The lowest BCUT2D eigenvalue weighted by molar-refractivity contribution is -0.321. The molecule has 0 unspecified atom stereocenters. The lowest BCUT2D eigenvalue weighted by Crippen LogP contribution is -2.68. The Balaban J connectivity index is 1.33. The number of hydrogen-bond donors (Lipinski definition) is 6. The molecule has 15 atom stereocenters. The summed E-state index contributed by atoms with van der Waals surface area (Å²) in [5, 5.41) is 63.2. The molecule has 0 aromatic carbocycles. The molecular weight excluding hydrogens is 608 g/mol. The van der Waals surface area contributed by atoms with Crippen molar-refractivity contribution in [1.29, 1.82) is 0 Å². The third-order valence-corrected chi connectivity index (χ3v) is 15.1.